The van der Waals surface area contributed by atoms with Gasteiger partial charge in [0.05, 0.1) is 16.9 Å². The minimum absolute atomic E-state index is 0.0119. The molecule has 0 bridgehead atoms. The predicted molar refractivity (Wildman–Crippen MR) is 127 cm³/mol. The van der Waals surface area contributed by atoms with Crippen molar-refractivity contribution >= 4 is 23.2 Å². The van der Waals surface area contributed by atoms with Crippen molar-refractivity contribution in [2.24, 2.45) is 11.8 Å². The third-order valence-corrected chi connectivity index (χ3v) is 8.16. The number of rotatable bonds is 2. The van der Waals surface area contributed by atoms with Gasteiger partial charge in [0.1, 0.15) is 11.5 Å². The van der Waals surface area contributed by atoms with Gasteiger partial charge >= 0.3 is 0 Å². The Balaban J connectivity index is 1.69. The van der Waals surface area contributed by atoms with Crippen molar-refractivity contribution in [3.05, 3.63) is 45.4 Å². The van der Waals surface area contributed by atoms with E-state index in [2.05, 4.69) is 0 Å². The number of aliphatic hydroxyl groups is 3. The average Bonchev–Trinajstić information content (AvgIpc) is 3.34. The third-order valence-electron chi connectivity index (χ3n) is 8.16. The number of anilines is 1. The molecular formula is C26H30N2O7. The minimum Gasteiger partial charge on any atom is -0.512 e. The van der Waals surface area contributed by atoms with Crippen LogP contribution in [-0.2, 0) is 11.2 Å². The molecule has 1 aromatic rings. The van der Waals surface area contributed by atoms with Gasteiger partial charge in [-0.15, -0.1) is 0 Å². The Morgan fingerprint density at radius 1 is 1.11 bits per heavy atom. The molecule has 4 N–H and O–H groups in total. The molecule has 4 aliphatic rings. The zero-order valence-electron chi connectivity index (χ0n) is 20.1. The van der Waals surface area contributed by atoms with Crippen molar-refractivity contribution < 1.29 is 34.8 Å². The summed E-state index contributed by atoms with van der Waals surface area (Å²) >= 11 is 0. The Morgan fingerprint density at radius 3 is 2.40 bits per heavy atom. The second-order valence-electron chi connectivity index (χ2n) is 10.3. The summed E-state index contributed by atoms with van der Waals surface area (Å²) in [6.07, 6.45) is 2.22. The quantitative estimate of drug-likeness (QED) is 0.504. The fourth-order valence-electron chi connectivity index (χ4n) is 6.21. The van der Waals surface area contributed by atoms with E-state index >= 15 is 0 Å². The number of carbonyl (C=O) groups is 3. The minimum atomic E-state index is -2.31. The highest BCUT2D eigenvalue weighted by Crippen LogP contribution is 2.52. The van der Waals surface area contributed by atoms with Crippen molar-refractivity contribution in [2.45, 2.75) is 44.6 Å². The summed E-state index contributed by atoms with van der Waals surface area (Å²) in [5, 5.41) is 43.9. The first-order chi connectivity index (χ1) is 16.5. The lowest BCUT2D eigenvalue weighted by Crippen LogP contribution is -2.55. The van der Waals surface area contributed by atoms with E-state index in [0.717, 1.165) is 12.8 Å². The van der Waals surface area contributed by atoms with Crippen LogP contribution >= 0.6 is 0 Å². The number of amides is 1. The lowest BCUT2D eigenvalue weighted by molar-refractivity contribution is -0.142. The van der Waals surface area contributed by atoms with Gasteiger partial charge in [-0.3, -0.25) is 14.4 Å². The number of hydrogen-bond donors (Lipinski definition) is 4. The molecule has 9 heteroatoms. The smallest absolute Gasteiger partial charge is 0.257 e. The van der Waals surface area contributed by atoms with Crippen LogP contribution < -0.4 is 4.90 Å². The number of likely N-dealkylation sites (tertiary alicyclic amines) is 1. The molecule has 9 nitrogen and oxygen atoms in total. The van der Waals surface area contributed by atoms with E-state index in [0.29, 0.717) is 24.3 Å². The molecule has 5 rings (SSSR count). The number of aliphatic hydroxyl groups excluding tert-OH is 2. The average molecular weight is 483 g/mol. The Bertz CT molecular complexity index is 1240. The SMILES string of the molecule is CC1=C(O)C[C@@H]2CC3Cc4c(N(C)C)cc(C(=O)N5CCCC5)c(O)c4C(=O)C3=C(O)[C@]2(O)C1=O. The summed E-state index contributed by atoms with van der Waals surface area (Å²) in [6, 6.07) is 1.61. The van der Waals surface area contributed by atoms with E-state index < -0.39 is 40.5 Å². The number of allylic oxidation sites excluding steroid dienone is 2. The van der Waals surface area contributed by atoms with Crippen molar-refractivity contribution in [3.8, 4) is 5.75 Å². The molecule has 1 unspecified atom stereocenters. The van der Waals surface area contributed by atoms with Crippen LogP contribution in [0.3, 0.4) is 0 Å². The van der Waals surface area contributed by atoms with Crippen LogP contribution in [0.15, 0.2) is 28.7 Å². The topological polar surface area (TPSA) is 139 Å². The number of phenolic OH excluding ortho intramolecular Hbond substituents is 1. The van der Waals surface area contributed by atoms with Crippen LogP contribution in [0.2, 0.25) is 0 Å². The Hall–Kier alpha value is -3.33. The molecule has 35 heavy (non-hydrogen) atoms. The summed E-state index contributed by atoms with van der Waals surface area (Å²) in [7, 11) is 3.57. The zero-order valence-corrected chi connectivity index (χ0v) is 20.1. The molecule has 1 fully saturated rings. The number of phenols is 1. The first-order valence-corrected chi connectivity index (χ1v) is 12.0. The Morgan fingerprint density at radius 2 is 1.77 bits per heavy atom. The lowest BCUT2D eigenvalue weighted by atomic mass is 9.60. The van der Waals surface area contributed by atoms with Crippen LogP contribution in [0.4, 0.5) is 5.69 Å². The molecule has 3 aliphatic carbocycles. The standard InChI is InChI=1S/C26H30N2O7/c1-12-18(29)10-14-8-13-9-15-17(27(2)3)11-16(25(34)28-6-4-5-7-28)21(30)20(15)22(31)19(13)24(33)26(14,35)23(12)32/h11,13-14,29-30,33,35H,4-10H2,1-3H3/t13?,14-,26+/m0/s1. The monoisotopic (exact) mass is 482 g/mol. The zero-order chi connectivity index (χ0) is 25.4. The molecular weight excluding hydrogens is 452 g/mol. The van der Waals surface area contributed by atoms with Gasteiger partial charge in [0.15, 0.2) is 11.4 Å². The van der Waals surface area contributed by atoms with Gasteiger partial charge in [-0.25, -0.2) is 0 Å². The Kier molecular flexibility index (Phi) is 5.25. The van der Waals surface area contributed by atoms with E-state index in [9.17, 15) is 34.8 Å². The van der Waals surface area contributed by atoms with Gasteiger partial charge in [0, 0.05) is 56.4 Å². The number of carbonyl (C=O) groups excluding carboxylic acids is 3. The highest BCUT2D eigenvalue weighted by Gasteiger charge is 2.58. The number of aromatic hydroxyl groups is 1. The molecule has 0 aromatic heterocycles. The maximum atomic E-state index is 13.8. The molecule has 186 valence electrons. The van der Waals surface area contributed by atoms with E-state index in [1.54, 1.807) is 30.0 Å². The van der Waals surface area contributed by atoms with Crippen molar-refractivity contribution in [1.29, 1.82) is 0 Å². The van der Waals surface area contributed by atoms with E-state index in [-0.39, 0.29) is 53.2 Å². The molecule has 1 aromatic carbocycles. The van der Waals surface area contributed by atoms with Gasteiger partial charge in [-0.2, -0.15) is 0 Å². The lowest BCUT2D eigenvalue weighted by Gasteiger charge is -2.46. The van der Waals surface area contributed by atoms with Crippen LogP contribution in [0.25, 0.3) is 0 Å². The molecule has 1 amide bonds. The fourth-order valence-corrected chi connectivity index (χ4v) is 6.21. The van der Waals surface area contributed by atoms with Crippen molar-refractivity contribution in [2.75, 3.05) is 32.1 Å². The van der Waals surface area contributed by atoms with Crippen LogP contribution in [0.1, 0.15) is 58.9 Å². The summed E-state index contributed by atoms with van der Waals surface area (Å²) < 4.78 is 0. The van der Waals surface area contributed by atoms with Crippen molar-refractivity contribution in [3.63, 3.8) is 0 Å². The second-order valence-corrected chi connectivity index (χ2v) is 10.3. The second kappa shape index (κ2) is 7.84. The van der Waals surface area contributed by atoms with E-state index in [1.807, 2.05) is 0 Å². The number of ketones is 2. The summed E-state index contributed by atoms with van der Waals surface area (Å²) in [5.41, 5.74) is -1.34. The normalized spacial score (nSPS) is 28.2. The number of Topliss-reactive ketones (excluding diaryl/α,β-unsaturated/α-hetero) is 2. The van der Waals surface area contributed by atoms with Gasteiger partial charge in [0.25, 0.3) is 5.91 Å². The molecule has 1 aliphatic heterocycles. The summed E-state index contributed by atoms with van der Waals surface area (Å²) in [4.78, 5) is 43.4. The Labute approximate surface area is 203 Å². The molecule has 0 spiro atoms. The maximum absolute atomic E-state index is 13.8. The highest BCUT2D eigenvalue weighted by atomic mass is 16.3. The summed E-state index contributed by atoms with van der Waals surface area (Å²) in [5.74, 6) is -4.46. The largest absolute Gasteiger partial charge is 0.512 e. The molecule has 1 heterocycles. The number of benzene rings is 1. The van der Waals surface area contributed by atoms with Crippen LogP contribution in [0, 0.1) is 11.8 Å². The fraction of sp³-hybridized carbons (Fsp3) is 0.500. The third kappa shape index (κ3) is 3.14. The molecule has 0 radical (unpaired) electrons. The van der Waals surface area contributed by atoms with E-state index in [1.165, 1.54) is 6.92 Å². The number of fused-ring (bicyclic) bond motifs is 3. The molecule has 0 saturated carbocycles. The number of nitrogens with zero attached hydrogens (tertiary/aromatic N) is 2. The van der Waals surface area contributed by atoms with Gasteiger partial charge in [0.2, 0.25) is 5.78 Å². The first kappa shape index (κ1) is 23.4. The van der Waals surface area contributed by atoms with Crippen molar-refractivity contribution in [1.82, 2.24) is 4.90 Å². The van der Waals surface area contributed by atoms with Crippen LogP contribution in [-0.4, -0.2) is 75.6 Å². The maximum Gasteiger partial charge on any atom is 0.257 e. The van der Waals surface area contributed by atoms with Gasteiger partial charge < -0.3 is 30.2 Å². The number of hydrogen-bond acceptors (Lipinski definition) is 8. The molecule has 3 atom stereocenters. The molecule has 1 saturated heterocycles. The van der Waals surface area contributed by atoms with E-state index in [4.69, 9.17) is 0 Å². The summed E-state index contributed by atoms with van der Waals surface area (Å²) in [6.45, 7) is 2.52. The predicted octanol–water partition coefficient (Wildman–Crippen LogP) is 2.42. The van der Waals surface area contributed by atoms with Gasteiger partial charge in [-0.05, 0) is 50.2 Å². The highest BCUT2D eigenvalue weighted by molar-refractivity contribution is 6.17. The van der Waals surface area contributed by atoms with Crippen LogP contribution in [0.5, 0.6) is 5.75 Å². The van der Waals surface area contributed by atoms with Gasteiger partial charge in [-0.1, -0.05) is 0 Å². The first-order valence-electron chi connectivity index (χ1n) is 12.0.